The molecule has 0 aliphatic carbocycles. The maximum Gasteiger partial charge on any atom is 0.318 e. The van der Waals surface area contributed by atoms with Crippen molar-refractivity contribution in [2.75, 3.05) is 20.2 Å². The minimum absolute atomic E-state index is 0.207. The Morgan fingerprint density at radius 1 is 1.33 bits per heavy atom. The molecule has 0 saturated carbocycles. The zero-order valence-electron chi connectivity index (χ0n) is 10.9. The number of hydrogen-bond donors (Lipinski definition) is 0. The van der Waals surface area contributed by atoms with E-state index in [-0.39, 0.29) is 25.3 Å². The predicted molar refractivity (Wildman–Crippen MR) is 61.1 cm³/mol. The van der Waals surface area contributed by atoms with Crippen LogP contribution in [0.3, 0.4) is 0 Å². The molecule has 0 spiro atoms. The van der Waals surface area contributed by atoms with Crippen molar-refractivity contribution >= 4 is 11.9 Å². The lowest BCUT2D eigenvalue weighted by atomic mass is 9.93. The van der Waals surface area contributed by atoms with Crippen LogP contribution in [-0.2, 0) is 14.3 Å². The van der Waals surface area contributed by atoms with Crippen molar-refractivity contribution in [1.29, 1.82) is 0 Å². The summed E-state index contributed by atoms with van der Waals surface area (Å²) in [5, 5.41) is 0. The van der Waals surface area contributed by atoms with Crippen LogP contribution in [0.25, 0.3) is 0 Å². The first-order chi connectivity index (χ1) is 8.28. The number of alkyl halides is 2. The molecule has 4 nitrogen and oxygen atoms in total. The van der Waals surface area contributed by atoms with E-state index in [4.69, 9.17) is 0 Å². The highest BCUT2D eigenvalue weighted by Gasteiger charge is 2.41. The molecule has 1 rings (SSSR count). The number of nitrogens with zero attached hydrogens (tertiary/aromatic N) is 1. The third-order valence-electron chi connectivity index (χ3n) is 3.09. The van der Waals surface area contributed by atoms with Crippen molar-refractivity contribution in [2.45, 2.75) is 32.6 Å². The van der Waals surface area contributed by atoms with Crippen LogP contribution in [0, 0.1) is 11.8 Å². The molecular weight excluding hydrogens is 244 g/mol. The van der Waals surface area contributed by atoms with E-state index in [2.05, 4.69) is 4.74 Å². The molecule has 0 bridgehead atoms. The lowest BCUT2D eigenvalue weighted by Gasteiger charge is -2.34. The fourth-order valence-electron chi connectivity index (χ4n) is 2.14. The molecule has 1 amide bonds. The summed E-state index contributed by atoms with van der Waals surface area (Å²) in [6, 6.07) is 0. The van der Waals surface area contributed by atoms with Gasteiger partial charge in [-0.25, -0.2) is 8.78 Å². The molecule has 1 heterocycles. The van der Waals surface area contributed by atoms with Crippen molar-refractivity contribution in [3.8, 4) is 0 Å². The molecule has 0 N–H and O–H groups in total. The molecule has 0 aromatic rings. The Kier molecular flexibility index (Phi) is 4.65. The summed E-state index contributed by atoms with van der Waals surface area (Å²) in [6.07, 6.45) is 0.0477. The summed E-state index contributed by atoms with van der Waals surface area (Å²) in [7, 11) is 1.19. The molecule has 1 aliphatic heterocycles. The van der Waals surface area contributed by atoms with E-state index in [1.165, 1.54) is 7.11 Å². The highest BCUT2D eigenvalue weighted by atomic mass is 19.3. The lowest BCUT2D eigenvalue weighted by Crippen LogP contribution is -2.50. The van der Waals surface area contributed by atoms with Gasteiger partial charge in [-0.3, -0.25) is 9.59 Å². The van der Waals surface area contributed by atoms with Crippen molar-refractivity contribution in [2.24, 2.45) is 11.8 Å². The fraction of sp³-hybridized carbons (Fsp3) is 0.833. The number of hydrogen-bond acceptors (Lipinski definition) is 3. The third kappa shape index (κ3) is 3.40. The van der Waals surface area contributed by atoms with E-state index >= 15 is 0 Å². The fourth-order valence-corrected chi connectivity index (χ4v) is 2.14. The second-order valence-electron chi connectivity index (χ2n) is 4.96. The van der Waals surface area contributed by atoms with Crippen LogP contribution in [0.4, 0.5) is 8.78 Å². The van der Waals surface area contributed by atoms with Crippen molar-refractivity contribution in [1.82, 2.24) is 4.90 Å². The monoisotopic (exact) mass is 263 g/mol. The van der Waals surface area contributed by atoms with Crippen LogP contribution in [0.5, 0.6) is 0 Å². The molecule has 6 heteroatoms. The van der Waals surface area contributed by atoms with E-state index < -0.39 is 30.3 Å². The van der Waals surface area contributed by atoms with Crippen LogP contribution in [0.2, 0.25) is 0 Å². The molecule has 1 aliphatic rings. The van der Waals surface area contributed by atoms with Gasteiger partial charge in [0, 0.05) is 13.0 Å². The lowest BCUT2D eigenvalue weighted by molar-refractivity contribution is -0.160. The first-order valence-corrected chi connectivity index (χ1v) is 6.03. The van der Waals surface area contributed by atoms with Gasteiger partial charge in [0.25, 0.3) is 5.92 Å². The number of halogens is 2. The van der Waals surface area contributed by atoms with Crippen molar-refractivity contribution < 1.29 is 23.1 Å². The van der Waals surface area contributed by atoms with Crippen LogP contribution in [0.1, 0.15) is 26.7 Å². The second-order valence-corrected chi connectivity index (χ2v) is 4.96. The summed E-state index contributed by atoms with van der Waals surface area (Å²) >= 11 is 0. The van der Waals surface area contributed by atoms with E-state index in [9.17, 15) is 18.4 Å². The third-order valence-corrected chi connectivity index (χ3v) is 3.09. The zero-order valence-corrected chi connectivity index (χ0v) is 10.9. The van der Waals surface area contributed by atoms with Crippen LogP contribution in [0.15, 0.2) is 0 Å². The first-order valence-electron chi connectivity index (χ1n) is 6.03. The number of piperidine rings is 1. The summed E-state index contributed by atoms with van der Waals surface area (Å²) in [6.45, 7) is 3.06. The van der Waals surface area contributed by atoms with Crippen LogP contribution < -0.4 is 0 Å². The van der Waals surface area contributed by atoms with Crippen LogP contribution in [-0.4, -0.2) is 42.9 Å². The van der Waals surface area contributed by atoms with Gasteiger partial charge in [-0.2, -0.15) is 0 Å². The number of methoxy groups -OCH3 is 1. The maximum absolute atomic E-state index is 13.3. The Morgan fingerprint density at radius 2 is 1.94 bits per heavy atom. The highest BCUT2D eigenvalue weighted by Crippen LogP contribution is 2.28. The molecule has 1 unspecified atom stereocenters. The Bertz CT molecular complexity index is 331. The van der Waals surface area contributed by atoms with E-state index in [1.807, 2.05) is 0 Å². The second kappa shape index (κ2) is 5.63. The van der Waals surface area contributed by atoms with E-state index in [0.29, 0.717) is 0 Å². The van der Waals surface area contributed by atoms with Crippen molar-refractivity contribution in [3.63, 3.8) is 0 Å². The summed E-state index contributed by atoms with van der Waals surface area (Å²) < 4.78 is 31.1. The Labute approximate surface area is 105 Å². The van der Waals surface area contributed by atoms with Gasteiger partial charge in [0.15, 0.2) is 0 Å². The van der Waals surface area contributed by atoms with Gasteiger partial charge < -0.3 is 9.64 Å². The number of rotatable bonds is 3. The van der Waals surface area contributed by atoms with E-state index in [0.717, 1.165) is 4.90 Å². The van der Waals surface area contributed by atoms with Gasteiger partial charge in [0.1, 0.15) is 5.92 Å². The SMILES string of the molecule is COC(=O)C(C(=O)N1CCCC(F)(F)C1)C(C)C. The molecular formula is C12H19F2NO3. The minimum Gasteiger partial charge on any atom is -0.468 e. The first kappa shape index (κ1) is 14.9. The van der Waals surface area contributed by atoms with Gasteiger partial charge in [-0.1, -0.05) is 13.8 Å². The number of carbonyl (C=O) groups is 2. The largest absolute Gasteiger partial charge is 0.468 e. The maximum atomic E-state index is 13.3. The minimum atomic E-state index is -2.86. The summed E-state index contributed by atoms with van der Waals surface area (Å²) in [5.74, 6) is -5.35. The Morgan fingerprint density at radius 3 is 2.39 bits per heavy atom. The average molecular weight is 263 g/mol. The number of amides is 1. The molecule has 18 heavy (non-hydrogen) atoms. The molecule has 1 fully saturated rings. The molecule has 104 valence electrons. The van der Waals surface area contributed by atoms with Crippen molar-refractivity contribution in [3.05, 3.63) is 0 Å². The van der Waals surface area contributed by atoms with E-state index in [1.54, 1.807) is 13.8 Å². The molecule has 0 radical (unpaired) electrons. The number of ether oxygens (including phenoxy) is 1. The van der Waals surface area contributed by atoms with Gasteiger partial charge >= 0.3 is 5.97 Å². The number of esters is 1. The van der Waals surface area contributed by atoms with Crippen LogP contribution >= 0.6 is 0 Å². The zero-order chi connectivity index (χ0) is 13.9. The number of carbonyl (C=O) groups excluding carboxylic acids is 2. The Balaban J connectivity index is 2.80. The normalized spacial score (nSPS) is 20.7. The number of likely N-dealkylation sites (tertiary alicyclic amines) is 1. The summed E-state index contributed by atoms with van der Waals surface area (Å²) in [4.78, 5) is 24.7. The molecule has 0 aromatic carbocycles. The smallest absolute Gasteiger partial charge is 0.318 e. The predicted octanol–water partition coefficient (Wildman–Crippen LogP) is 1.69. The highest BCUT2D eigenvalue weighted by molar-refractivity contribution is 5.98. The van der Waals surface area contributed by atoms with Gasteiger partial charge in [0.2, 0.25) is 5.91 Å². The Hall–Kier alpha value is -1.20. The van der Waals surface area contributed by atoms with Gasteiger partial charge in [-0.15, -0.1) is 0 Å². The quantitative estimate of drug-likeness (QED) is 0.575. The molecule has 1 saturated heterocycles. The standard InChI is InChI=1S/C12H19F2NO3/c1-8(2)9(11(17)18-3)10(16)15-6-4-5-12(13,14)7-15/h8-9H,4-7H2,1-3H3. The summed E-state index contributed by atoms with van der Waals surface area (Å²) in [5.41, 5.74) is 0. The topological polar surface area (TPSA) is 46.6 Å². The van der Waals surface area contributed by atoms with Gasteiger partial charge in [0.05, 0.1) is 13.7 Å². The molecule has 0 aromatic heterocycles. The average Bonchev–Trinajstić information content (AvgIpc) is 2.27. The van der Waals surface area contributed by atoms with Gasteiger partial charge in [-0.05, 0) is 12.3 Å². The molecule has 1 atom stereocenters.